The van der Waals surface area contributed by atoms with Gasteiger partial charge in [0.05, 0.1) is 13.2 Å². The maximum atomic E-state index is 13.3. The highest BCUT2D eigenvalue weighted by Gasteiger charge is 2.02. The summed E-state index contributed by atoms with van der Waals surface area (Å²) >= 11 is 0. The summed E-state index contributed by atoms with van der Waals surface area (Å²) in [5.41, 5.74) is 1.69. The third-order valence-electron chi connectivity index (χ3n) is 3.51. The van der Waals surface area contributed by atoms with Crippen LogP contribution < -0.4 is 15.4 Å². The fourth-order valence-corrected chi connectivity index (χ4v) is 2.31. The van der Waals surface area contributed by atoms with Crippen molar-refractivity contribution in [3.8, 4) is 5.75 Å². The summed E-state index contributed by atoms with van der Waals surface area (Å²) in [6.45, 7) is 4.39. The van der Waals surface area contributed by atoms with E-state index in [-0.39, 0.29) is 29.8 Å². The smallest absolute Gasteiger partial charge is 0.196 e. The number of anilines is 1. The molecule has 7 heteroatoms. The fraction of sp³-hybridized carbons (Fsp3) is 0.350. The average Bonchev–Trinajstić information content (AvgIpc) is 2.64. The van der Waals surface area contributed by atoms with Crippen molar-refractivity contribution in [3.05, 3.63) is 59.9 Å². The Morgan fingerprint density at radius 2 is 1.93 bits per heavy atom. The van der Waals surface area contributed by atoms with E-state index in [0.717, 1.165) is 30.0 Å². The Morgan fingerprint density at radius 3 is 2.67 bits per heavy atom. The molecule has 0 amide bonds. The Bertz CT molecular complexity index is 713. The number of guanidine groups is 1. The van der Waals surface area contributed by atoms with Crippen LogP contribution in [0.4, 0.5) is 10.1 Å². The quantitative estimate of drug-likeness (QED) is 0.238. The van der Waals surface area contributed by atoms with Crippen molar-refractivity contribution in [2.24, 2.45) is 4.99 Å². The van der Waals surface area contributed by atoms with Gasteiger partial charge in [-0.15, -0.1) is 24.0 Å². The van der Waals surface area contributed by atoms with Crippen LogP contribution in [-0.2, 0) is 11.3 Å². The minimum atomic E-state index is -0.256. The molecule has 0 radical (unpaired) electrons. The minimum absolute atomic E-state index is 0. The second kappa shape index (κ2) is 13.3. The lowest BCUT2D eigenvalue weighted by molar-refractivity contribution is 0.172. The Labute approximate surface area is 177 Å². The summed E-state index contributed by atoms with van der Waals surface area (Å²) in [4.78, 5) is 4.51. The van der Waals surface area contributed by atoms with Crippen LogP contribution in [0.15, 0.2) is 53.5 Å². The van der Waals surface area contributed by atoms with E-state index in [0.29, 0.717) is 25.7 Å². The molecule has 0 saturated heterocycles. The van der Waals surface area contributed by atoms with E-state index in [1.807, 2.05) is 37.3 Å². The van der Waals surface area contributed by atoms with E-state index in [4.69, 9.17) is 9.47 Å². The summed E-state index contributed by atoms with van der Waals surface area (Å²) in [6, 6.07) is 14.1. The van der Waals surface area contributed by atoms with Gasteiger partial charge < -0.3 is 20.1 Å². The van der Waals surface area contributed by atoms with E-state index in [2.05, 4.69) is 15.6 Å². The summed E-state index contributed by atoms with van der Waals surface area (Å²) in [5, 5.41) is 6.43. The zero-order valence-corrected chi connectivity index (χ0v) is 18.0. The first kappa shape index (κ1) is 23.2. The maximum Gasteiger partial charge on any atom is 0.196 e. The number of aliphatic imine (C=N–C) groups is 1. The molecule has 0 heterocycles. The number of hydrogen-bond acceptors (Lipinski definition) is 3. The van der Waals surface area contributed by atoms with Crippen LogP contribution in [0.1, 0.15) is 18.9 Å². The van der Waals surface area contributed by atoms with Crippen molar-refractivity contribution >= 4 is 35.6 Å². The van der Waals surface area contributed by atoms with Crippen LogP contribution in [0.5, 0.6) is 5.75 Å². The first-order valence-electron chi connectivity index (χ1n) is 8.73. The standard InChI is InChI=1S/C20H26FN3O2.HI/c1-3-22-20(23-15-16-7-4-8-17(21)13-16)24-18-9-5-10-19(14-18)26-12-6-11-25-2;/h4-5,7-10,13-14H,3,6,11-12,15H2,1-2H3,(H2,22,23,24);1H. The second-order valence-electron chi connectivity index (χ2n) is 5.67. The van der Waals surface area contributed by atoms with Crippen molar-refractivity contribution in [3.63, 3.8) is 0 Å². The summed E-state index contributed by atoms with van der Waals surface area (Å²) in [5.74, 6) is 1.16. The predicted molar refractivity (Wildman–Crippen MR) is 119 cm³/mol. The van der Waals surface area contributed by atoms with E-state index < -0.39 is 0 Å². The molecule has 27 heavy (non-hydrogen) atoms. The SMILES string of the molecule is CCNC(=NCc1cccc(F)c1)Nc1cccc(OCCCOC)c1.I. The Morgan fingerprint density at radius 1 is 1.11 bits per heavy atom. The highest BCUT2D eigenvalue weighted by molar-refractivity contribution is 14.0. The molecule has 0 fully saturated rings. The topological polar surface area (TPSA) is 54.9 Å². The zero-order valence-electron chi connectivity index (χ0n) is 15.7. The lowest BCUT2D eigenvalue weighted by atomic mass is 10.2. The molecule has 0 aliphatic rings. The largest absolute Gasteiger partial charge is 0.493 e. The van der Waals surface area contributed by atoms with Gasteiger partial charge in [-0.25, -0.2) is 9.38 Å². The zero-order chi connectivity index (χ0) is 18.6. The molecule has 2 aromatic rings. The van der Waals surface area contributed by atoms with Crippen molar-refractivity contribution in [1.82, 2.24) is 5.32 Å². The molecule has 0 aromatic heterocycles. The molecule has 0 aliphatic carbocycles. The van der Waals surface area contributed by atoms with Gasteiger partial charge in [0.25, 0.3) is 0 Å². The Kier molecular flexibility index (Phi) is 11.4. The highest BCUT2D eigenvalue weighted by Crippen LogP contribution is 2.17. The van der Waals surface area contributed by atoms with Gasteiger partial charge in [0.1, 0.15) is 11.6 Å². The summed E-state index contributed by atoms with van der Waals surface area (Å²) in [7, 11) is 1.68. The van der Waals surface area contributed by atoms with E-state index in [9.17, 15) is 4.39 Å². The van der Waals surface area contributed by atoms with Crippen molar-refractivity contribution in [2.75, 3.05) is 32.2 Å². The van der Waals surface area contributed by atoms with Crippen LogP contribution in [0.3, 0.4) is 0 Å². The predicted octanol–water partition coefficient (Wildman–Crippen LogP) is 4.44. The van der Waals surface area contributed by atoms with Gasteiger partial charge in [-0.1, -0.05) is 18.2 Å². The van der Waals surface area contributed by atoms with E-state index in [1.165, 1.54) is 12.1 Å². The summed E-state index contributed by atoms with van der Waals surface area (Å²) < 4.78 is 24.0. The molecule has 2 aromatic carbocycles. The molecule has 2 rings (SSSR count). The molecule has 5 nitrogen and oxygen atoms in total. The van der Waals surface area contributed by atoms with Crippen LogP contribution in [0.2, 0.25) is 0 Å². The molecule has 0 saturated carbocycles. The molecular weight excluding hydrogens is 460 g/mol. The van der Waals surface area contributed by atoms with Gasteiger partial charge in [-0.3, -0.25) is 0 Å². The normalized spacial score (nSPS) is 10.9. The Hall–Kier alpha value is -1.87. The fourth-order valence-electron chi connectivity index (χ4n) is 2.31. The van der Waals surface area contributed by atoms with Gasteiger partial charge in [0.2, 0.25) is 0 Å². The third kappa shape index (κ3) is 9.05. The number of nitrogens with one attached hydrogen (secondary N) is 2. The number of ether oxygens (including phenoxy) is 2. The first-order chi connectivity index (χ1) is 12.7. The number of hydrogen-bond donors (Lipinski definition) is 2. The van der Waals surface area contributed by atoms with E-state index >= 15 is 0 Å². The van der Waals surface area contributed by atoms with Crippen molar-refractivity contribution in [2.45, 2.75) is 19.9 Å². The highest BCUT2D eigenvalue weighted by atomic mass is 127. The van der Waals surface area contributed by atoms with Crippen LogP contribution in [0.25, 0.3) is 0 Å². The maximum absolute atomic E-state index is 13.3. The Balaban J connectivity index is 0.00000364. The summed E-state index contributed by atoms with van der Waals surface area (Å²) in [6.07, 6.45) is 0.839. The monoisotopic (exact) mass is 487 g/mol. The number of methoxy groups -OCH3 is 1. The third-order valence-corrected chi connectivity index (χ3v) is 3.51. The molecule has 2 N–H and O–H groups in total. The minimum Gasteiger partial charge on any atom is -0.493 e. The number of nitrogens with zero attached hydrogens (tertiary/aromatic N) is 1. The first-order valence-corrected chi connectivity index (χ1v) is 8.73. The molecule has 0 atom stereocenters. The molecule has 0 bridgehead atoms. The molecule has 0 spiro atoms. The molecule has 148 valence electrons. The van der Waals surface area contributed by atoms with Gasteiger partial charge in [0.15, 0.2) is 5.96 Å². The average molecular weight is 487 g/mol. The lowest BCUT2D eigenvalue weighted by Crippen LogP contribution is -2.30. The van der Waals surface area contributed by atoms with Gasteiger partial charge in [0, 0.05) is 38.4 Å². The number of benzene rings is 2. The lowest BCUT2D eigenvalue weighted by Gasteiger charge is -2.13. The van der Waals surface area contributed by atoms with Gasteiger partial charge in [-0.05, 0) is 36.8 Å². The van der Waals surface area contributed by atoms with E-state index in [1.54, 1.807) is 13.2 Å². The molecule has 0 aliphatic heterocycles. The van der Waals surface area contributed by atoms with Crippen molar-refractivity contribution in [1.29, 1.82) is 0 Å². The van der Waals surface area contributed by atoms with Gasteiger partial charge >= 0.3 is 0 Å². The van der Waals surface area contributed by atoms with Crippen LogP contribution in [-0.4, -0.2) is 32.8 Å². The number of halogens is 2. The second-order valence-corrected chi connectivity index (χ2v) is 5.67. The van der Waals surface area contributed by atoms with Crippen LogP contribution >= 0.6 is 24.0 Å². The van der Waals surface area contributed by atoms with Crippen LogP contribution in [0, 0.1) is 5.82 Å². The van der Waals surface area contributed by atoms with Gasteiger partial charge in [-0.2, -0.15) is 0 Å². The van der Waals surface area contributed by atoms with Crippen molar-refractivity contribution < 1.29 is 13.9 Å². The molecule has 0 unspecified atom stereocenters. The number of rotatable bonds is 9. The molecular formula is C20H27FIN3O2.